The van der Waals surface area contributed by atoms with Crippen LogP contribution in [0.15, 0.2) is 211 Å². The summed E-state index contributed by atoms with van der Waals surface area (Å²) in [7, 11) is 0. The highest BCUT2D eigenvalue weighted by atomic mass is 16.3. The van der Waals surface area contributed by atoms with Gasteiger partial charge in [0.05, 0.1) is 16.4 Å². The fourth-order valence-corrected chi connectivity index (χ4v) is 11.0. The first-order valence-corrected chi connectivity index (χ1v) is 21.4. The molecule has 0 N–H and O–H groups in total. The van der Waals surface area contributed by atoms with Gasteiger partial charge in [-0.15, -0.1) is 0 Å². The molecule has 0 bridgehead atoms. The number of hydrogen-bond donors (Lipinski definition) is 0. The lowest BCUT2D eigenvalue weighted by Crippen LogP contribution is -2.25. The summed E-state index contributed by atoms with van der Waals surface area (Å²) in [5, 5.41) is 4.49. The van der Waals surface area contributed by atoms with Crippen LogP contribution in [0.4, 0.5) is 0 Å². The van der Waals surface area contributed by atoms with Gasteiger partial charge in [0.1, 0.15) is 11.2 Å². The predicted octanol–water partition coefficient (Wildman–Crippen LogP) is 14.2. The Hall–Kier alpha value is -8.41. The first-order chi connectivity index (χ1) is 31.3. The monoisotopic (exact) mass is 802 g/mol. The number of hydrogen-bond acceptors (Lipinski definition) is 4. The minimum atomic E-state index is -0.420. The molecule has 3 aromatic heterocycles. The molecule has 2 aliphatic carbocycles. The minimum absolute atomic E-state index is 0.420. The van der Waals surface area contributed by atoms with Crippen molar-refractivity contribution in [1.29, 1.82) is 0 Å². The molecule has 0 unspecified atom stereocenters. The maximum atomic E-state index is 6.30. The summed E-state index contributed by atoms with van der Waals surface area (Å²) in [4.78, 5) is 15.6. The Labute approximate surface area is 362 Å². The summed E-state index contributed by atoms with van der Waals surface area (Å²) in [6, 6.07) is 73.7. The van der Waals surface area contributed by atoms with Crippen molar-refractivity contribution in [1.82, 2.24) is 19.5 Å². The van der Waals surface area contributed by atoms with Crippen molar-refractivity contribution in [2.24, 2.45) is 0 Å². The van der Waals surface area contributed by atoms with Gasteiger partial charge in [-0.2, -0.15) is 0 Å². The van der Waals surface area contributed by atoms with Crippen molar-refractivity contribution in [3.8, 4) is 62.1 Å². The topological polar surface area (TPSA) is 56.7 Å². The van der Waals surface area contributed by atoms with Gasteiger partial charge in [-0.3, -0.25) is 0 Å². The van der Waals surface area contributed by atoms with Gasteiger partial charge in [-0.1, -0.05) is 170 Å². The maximum Gasteiger partial charge on any atom is 0.164 e. The molecule has 0 aliphatic heterocycles. The van der Waals surface area contributed by atoms with Crippen LogP contribution in [0.2, 0.25) is 0 Å². The number of fused-ring (bicyclic) bond motifs is 17. The first kappa shape index (κ1) is 34.3. The molecule has 0 radical (unpaired) electrons. The van der Waals surface area contributed by atoms with Gasteiger partial charge >= 0.3 is 0 Å². The molecule has 5 heteroatoms. The van der Waals surface area contributed by atoms with E-state index in [2.05, 4.69) is 162 Å². The molecule has 9 aromatic carbocycles. The molecule has 0 saturated carbocycles. The Kier molecular flexibility index (Phi) is 6.97. The third-order valence-electron chi connectivity index (χ3n) is 13.5. The van der Waals surface area contributed by atoms with Crippen molar-refractivity contribution in [2.75, 3.05) is 0 Å². The van der Waals surface area contributed by atoms with E-state index in [1.807, 2.05) is 48.5 Å². The van der Waals surface area contributed by atoms with E-state index in [9.17, 15) is 0 Å². The predicted molar refractivity (Wildman–Crippen MR) is 254 cm³/mol. The zero-order chi connectivity index (χ0) is 41.2. The SMILES string of the molecule is c1ccc(-c2nc(-c3cccc(-n4c5ccccc5c5c6c(ccc54)C4(c5ccccc5-c5ccccc54)c4ccccc4-6)c3)nc(-c3cccc4oc5ccccc5c34)n2)cc1. The van der Waals surface area contributed by atoms with Gasteiger partial charge in [0, 0.05) is 43.9 Å². The lowest BCUT2D eigenvalue weighted by Gasteiger charge is -2.30. The Morgan fingerprint density at radius 2 is 0.937 bits per heavy atom. The molecule has 5 nitrogen and oxygen atoms in total. The largest absolute Gasteiger partial charge is 0.456 e. The molecular weight excluding hydrogens is 769 g/mol. The molecule has 63 heavy (non-hydrogen) atoms. The van der Waals surface area contributed by atoms with Crippen molar-refractivity contribution in [3.05, 3.63) is 229 Å². The molecular formula is C58H34N4O. The number of nitrogens with zero attached hydrogens (tertiary/aromatic N) is 4. The smallest absolute Gasteiger partial charge is 0.164 e. The Morgan fingerprint density at radius 3 is 1.73 bits per heavy atom. The van der Waals surface area contributed by atoms with Crippen LogP contribution in [0.25, 0.3) is 106 Å². The number of rotatable bonds is 4. The second-order valence-electron chi connectivity index (χ2n) is 16.6. The van der Waals surface area contributed by atoms with Gasteiger partial charge in [0.25, 0.3) is 0 Å². The van der Waals surface area contributed by atoms with Gasteiger partial charge in [-0.25, -0.2) is 15.0 Å². The Morgan fingerprint density at radius 1 is 0.365 bits per heavy atom. The van der Waals surface area contributed by atoms with Crippen LogP contribution in [0, 0.1) is 0 Å². The van der Waals surface area contributed by atoms with Crippen molar-refractivity contribution >= 4 is 43.7 Å². The molecule has 0 fully saturated rings. The van der Waals surface area contributed by atoms with Crippen LogP contribution in [0.3, 0.4) is 0 Å². The van der Waals surface area contributed by atoms with Crippen molar-refractivity contribution < 1.29 is 4.42 Å². The fourth-order valence-electron chi connectivity index (χ4n) is 11.0. The van der Waals surface area contributed by atoms with Crippen LogP contribution in [-0.4, -0.2) is 19.5 Å². The second-order valence-corrected chi connectivity index (χ2v) is 16.6. The summed E-state index contributed by atoms with van der Waals surface area (Å²) in [6.07, 6.45) is 0. The summed E-state index contributed by atoms with van der Waals surface area (Å²) in [6.45, 7) is 0. The van der Waals surface area contributed by atoms with Crippen LogP contribution >= 0.6 is 0 Å². The maximum absolute atomic E-state index is 6.30. The van der Waals surface area contributed by atoms with Crippen molar-refractivity contribution in [3.63, 3.8) is 0 Å². The highest BCUT2D eigenvalue weighted by molar-refractivity contribution is 6.19. The fraction of sp³-hybridized carbons (Fsp3) is 0.0172. The highest BCUT2D eigenvalue weighted by Crippen LogP contribution is 2.64. The molecule has 12 aromatic rings. The number of benzene rings is 9. The second kappa shape index (κ2) is 12.8. The molecule has 2 aliphatic rings. The molecule has 0 atom stereocenters. The average Bonchev–Trinajstić information content (AvgIpc) is 4.08. The van der Waals surface area contributed by atoms with Gasteiger partial charge in [0.2, 0.25) is 0 Å². The highest BCUT2D eigenvalue weighted by Gasteiger charge is 2.52. The average molecular weight is 803 g/mol. The summed E-state index contributed by atoms with van der Waals surface area (Å²) >= 11 is 0. The lowest BCUT2D eigenvalue weighted by molar-refractivity contribution is 0.669. The van der Waals surface area contributed by atoms with Crippen LogP contribution in [0.5, 0.6) is 0 Å². The van der Waals surface area contributed by atoms with Gasteiger partial charge < -0.3 is 8.98 Å². The molecule has 0 saturated heterocycles. The lowest BCUT2D eigenvalue weighted by atomic mass is 9.70. The third kappa shape index (κ3) is 4.63. The molecule has 292 valence electrons. The quantitative estimate of drug-likeness (QED) is 0.178. The zero-order valence-corrected chi connectivity index (χ0v) is 33.8. The van der Waals surface area contributed by atoms with E-state index in [1.165, 1.54) is 55.3 Å². The number of aromatic nitrogens is 4. The van der Waals surface area contributed by atoms with Gasteiger partial charge in [-0.05, 0) is 80.9 Å². The summed E-state index contributed by atoms with van der Waals surface area (Å²) < 4.78 is 8.72. The van der Waals surface area contributed by atoms with E-state index in [0.717, 1.165) is 55.3 Å². The normalized spacial score (nSPS) is 13.2. The summed E-state index contributed by atoms with van der Waals surface area (Å²) in [5.41, 5.74) is 17.8. The Balaban J connectivity index is 1.00. The molecule has 1 spiro atoms. The zero-order valence-electron chi connectivity index (χ0n) is 33.8. The van der Waals surface area contributed by atoms with Crippen LogP contribution < -0.4 is 0 Å². The van der Waals surface area contributed by atoms with E-state index in [4.69, 9.17) is 19.4 Å². The number of furan rings is 1. The first-order valence-electron chi connectivity index (χ1n) is 21.4. The van der Waals surface area contributed by atoms with E-state index in [0.29, 0.717) is 17.5 Å². The van der Waals surface area contributed by atoms with Crippen LogP contribution in [0.1, 0.15) is 22.3 Å². The summed E-state index contributed by atoms with van der Waals surface area (Å²) in [5.74, 6) is 1.80. The van der Waals surface area contributed by atoms with Crippen LogP contribution in [-0.2, 0) is 5.41 Å². The van der Waals surface area contributed by atoms with Crippen molar-refractivity contribution in [2.45, 2.75) is 5.41 Å². The van der Waals surface area contributed by atoms with Gasteiger partial charge in [0.15, 0.2) is 17.5 Å². The molecule has 3 heterocycles. The Bertz CT molecular complexity index is 3830. The van der Waals surface area contributed by atoms with E-state index in [-0.39, 0.29) is 0 Å². The van der Waals surface area contributed by atoms with E-state index in [1.54, 1.807) is 0 Å². The van der Waals surface area contributed by atoms with E-state index < -0.39 is 5.41 Å². The molecule has 14 rings (SSSR count). The third-order valence-corrected chi connectivity index (χ3v) is 13.5. The standard InChI is InChI=1S/C58H34N4O/c1-2-16-35(17-3-1)55-59-56(61-57(60-55)43-25-15-31-51-52(43)42-24-8-13-30-50(42)63-51)36-18-14-19-37(34-36)62-48-29-12-7-23-41(48)54-49(62)33-32-47-53(54)40-22-6-11-28-46(40)58(47)44-26-9-4-20-38(44)39-21-5-10-27-45(39)58/h1-34H. The minimum Gasteiger partial charge on any atom is -0.456 e. The molecule has 0 amide bonds. The van der Waals surface area contributed by atoms with E-state index >= 15 is 0 Å². The number of para-hydroxylation sites is 2.